The number of likely N-dealkylation sites (N-methyl/N-ethyl adjacent to an activating group) is 1. The molecular formula is C29H33F3N6O3S2. The van der Waals surface area contributed by atoms with Gasteiger partial charge in [0, 0.05) is 30.8 Å². The largest absolute Gasteiger partial charge is 0.465 e. The van der Waals surface area contributed by atoms with Crippen LogP contribution < -0.4 is 15.4 Å². The Kier molecular flexibility index (Phi) is 12.6. The van der Waals surface area contributed by atoms with Gasteiger partial charge in [-0.3, -0.25) is 9.52 Å². The molecule has 9 nitrogen and oxygen atoms in total. The Morgan fingerprint density at radius 1 is 1.05 bits per heavy atom. The van der Waals surface area contributed by atoms with E-state index < -0.39 is 33.3 Å². The molecule has 230 valence electrons. The number of benzene rings is 2. The van der Waals surface area contributed by atoms with Crippen molar-refractivity contribution in [3.63, 3.8) is 0 Å². The fraction of sp³-hybridized carbons (Fsp3) is 0.310. The SMILES string of the molecule is CC(C)OC=O.CNCCNc1nccc(-c2sc(C(C)C)nc2-c2cccc(NS(=O)c3cc(F)ccc3F)c2F)n1. The number of thiazole rings is 1. The zero-order valence-electron chi connectivity index (χ0n) is 24.3. The Balaban J connectivity index is 0.000000765. The summed E-state index contributed by atoms with van der Waals surface area (Å²) in [6, 6.07) is 8.83. The van der Waals surface area contributed by atoms with E-state index in [0.717, 1.165) is 29.8 Å². The molecule has 0 aliphatic carbocycles. The first-order valence-corrected chi connectivity index (χ1v) is 15.3. The number of halogens is 3. The maximum atomic E-state index is 15.8. The van der Waals surface area contributed by atoms with Gasteiger partial charge in [0.1, 0.15) is 11.6 Å². The minimum atomic E-state index is -2.24. The van der Waals surface area contributed by atoms with Crippen LogP contribution in [-0.2, 0) is 20.5 Å². The number of aromatic nitrogens is 3. The van der Waals surface area contributed by atoms with Crippen LogP contribution >= 0.6 is 11.3 Å². The van der Waals surface area contributed by atoms with Crippen molar-refractivity contribution in [1.82, 2.24) is 20.3 Å². The molecule has 1 unspecified atom stereocenters. The molecule has 2 aromatic heterocycles. The van der Waals surface area contributed by atoms with E-state index in [1.807, 2.05) is 20.9 Å². The Bertz CT molecular complexity index is 1550. The van der Waals surface area contributed by atoms with Crippen LogP contribution in [0.25, 0.3) is 21.8 Å². The number of anilines is 2. The molecule has 0 saturated carbocycles. The number of nitrogens with zero attached hydrogens (tertiary/aromatic N) is 3. The number of ether oxygens (including phenoxy) is 1. The van der Waals surface area contributed by atoms with Gasteiger partial charge < -0.3 is 15.4 Å². The highest BCUT2D eigenvalue weighted by molar-refractivity contribution is 7.86. The Morgan fingerprint density at radius 3 is 2.47 bits per heavy atom. The number of nitrogens with one attached hydrogen (secondary N) is 3. The molecule has 43 heavy (non-hydrogen) atoms. The summed E-state index contributed by atoms with van der Waals surface area (Å²) in [7, 11) is -0.394. The highest BCUT2D eigenvalue weighted by Gasteiger charge is 2.23. The minimum Gasteiger partial charge on any atom is -0.465 e. The molecule has 4 aromatic rings. The first kappa shape index (κ1) is 33.6. The fourth-order valence-corrected chi connectivity index (χ4v) is 5.47. The van der Waals surface area contributed by atoms with Crippen molar-refractivity contribution in [2.75, 3.05) is 30.2 Å². The van der Waals surface area contributed by atoms with Crippen molar-refractivity contribution in [2.45, 2.75) is 44.6 Å². The molecule has 0 radical (unpaired) electrons. The number of carbonyl (C=O) groups is 1. The van der Waals surface area contributed by atoms with Gasteiger partial charge in [0.15, 0.2) is 16.8 Å². The van der Waals surface area contributed by atoms with Crippen molar-refractivity contribution < 1.29 is 26.9 Å². The van der Waals surface area contributed by atoms with Crippen LogP contribution in [0.2, 0.25) is 0 Å². The zero-order chi connectivity index (χ0) is 31.5. The molecule has 0 amide bonds. The van der Waals surface area contributed by atoms with Gasteiger partial charge in [0.2, 0.25) is 5.95 Å². The predicted octanol–water partition coefficient (Wildman–Crippen LogP) is 6.14. The molecule has 0 fully saturated rings. The normalized spacial score (nSPS) is 11.6. The fourth-order valence-electron chi connectivity index (χ4n) is 3.49. The van der Waals surface area contributed by atoms with Gasteiger partial charge in [-0.2, -0.15) is 0 Å². The summed E-state index contributed by atoms with van der Waals surface area (Å²) in [5.41, 5.74) is 0.965. The predicted molar refractivity (Wildman–Crippen MR) is 164 cm³/mol. The summed E-state index contributed by atoms with van der Waals surface area (Å²) in [6.45, 7) is 9.37. The average molecular weight is 635 g/mol. The summed E-state index contributed by atoms with van der Waals surface area (Å²) >= 11 is 1.40. The van der Waals surface area contributed by atoms with Gasteiger partial charge in [-0.25, -0.2) is 32.3 Å². The lowest BCUT2D eigenvalue weighted by Gasteiger charge is -2.11. The second-order valence-electron chi connectivity index (χ2n) is 9.57. The second kappa shape index (κ2) is 16.1. The number of hydrogen-bond donors (Lipinski definition) is 3. The molecule has 0 bridgehead atoms. The van der Waals surface area contributed by atoms with Gasteiger partial charge in [0.25, 0.3) is 6.47 Å². The molecule has 0 saturated heterocycles. The molecule has 0 spiro atoms. The maximum Gasteiger partial charge on any atom is 0.293 e. The van der Waals surface area contributed by atoms with Crippen molar-refractivity contribution in [1.29, 1.82) is 0 Å². The van der Waals surface area contributed by atoms with E-state index in [-0.39, 0.29) is 23.3 Å². The lowest BCUT2D eigenvalue weighted by Crippen LogP contribution is -2.18. The first-order chi connectivity index (χ1) is 20.5. The van der Waals surface area contributed by atoms with Crippen molar-refractivity contribution in [2.24, 2.45) is 0 Å². The van der Waals surface area contributed by atoms with Gasteiger partial charge in [-0.1, -0.05) is 19.9 Å². The molecule has 4 rings (SSSR count). The summed E-state index contributed by atoms with van der Waals surface area (Å²) in [6.07, 6.45) is 1.65. The number of rotatable bonds is 12. The zero-order valence-corrected chi connectivity index (χ0v) is 25.9. The maximum absolute atomic E-state index is 15.8. The van der Waals surface area contributed by atoms with Crippen LogP contribution in [0, 0.1) is 17.5 Å². The molecule has 2 heterocycles. The standard InChI is InChI=1S/C25H25F3N6OS2.C4H8O2/c1-14(2)24-33-22(23(36-24)19-9-10-30-25(32-19)31-12-11-29-3)16-5-4-6-18(21(16)28)34-37(35)20-13-15(26)7-8-17(20)27;1-4(2)6-3-5/h4-10,13-14,29,34H,11-12H2,1-3H3,(H,30,31,32);3-4H,1-2H3. The molecule has 3 N–H and O–H groups in total. The van der Waals surface area contributed by atoms with E-state index >= 15 is 4.39 Å². The Labute approximate surface area is 254 Å². The van der Waals surface area contributed by atoms with Crippen LogP contribution in [0.5, 0.6) is 0 Å². The van der Waals surface area contributed by atoms with Crippen LogP contribution in [0.15, 0.2) is 53.6 Å². The minimum absolute atomic E-state index is 0.0301. The summed E-state index contributed by atoms with van der Waals surface area (Å²) in [4.78, 5) is 23.2. The van der Waals surface area contributed by atoms with Gasteiger partial charge in [0.05, 0.1) is 38.0 Å². The summed E-state index contributed by atoms with van der Waals surface area (Å²) < 4.78 is 62.9. The average Bonchev–Trinajstić information content (AvgIpc) is 3.42. The summed E-state index contributed by atoms with van der Waals surface area (Å²) in [5, 5.41) is 6.96. The van der Waals surface area contributed by atoms with Crippen molar-refractivity contribution in [3.05, 3.63) is 71.1 Å². The smallest absolute Gasteiger partial charge is 0.293 e. The molecule has 0 aliphatic rings. The molecule has 2 aromatic carbocycles. The van der Waals surface area contributed by atoms with Gasteiger partial charge >= 0.3 is 0 Å². The molecule has 14 heteroatoms. The highest BCUT2D eigenvalue weighted by Crippen LogP contribution is 2.40. The molecular weight excluding hydrogens is 601 g/mol. The van der Waals surface area contributed by atoms with Crippen molar-refractivity contribution >= 4 is 40.4 Å². The molecule has 1 atom stereocenters. The van der Waals surface area contributed by atoms with E-state index in [2.05, 4.69) is 30.1 Å². The van der Waals surface area contributed by atoms with Crippen LogP contribution in [0.4, 0.5) is 24.8 Å². The highest BCUT2D eigenvalue weighted by atomic mass is 32.2. The van der Waals surface area contributed by atoms with E-state index in [1.54, 1.807) is 38.2 Å². The number of carbonyl (C=O) groups excluding carboxylic acids is 1. The third-order valence-corrected chi connectivity index (χ3v) is 8.06. The van der Waals surface area contributed by atoms with Crippen LogP contribution in [0.1, 0.15) is 38.6 Å². The van der Waals surface area contributed by atoms with Crippen LogP contribution in [-0.4, -0.2) is 51.9 Å². The lowest BCUT2D eigenvalue weighted by atomic mass is 10.1. The third kappa shape index (κ3) is 9.30. The third-order valence-electron chi connectivity index (χ3n) is 5.56. The lowest BCUT2D eigenvalue weighted by molar-refractivity contribution is -0.131. The monoisotopic (exact) mass is 634 g/mol. The van der Waals surface area contributed by atoms with Gasteiger partial charge in [-0.05, 0) is 57.3 Å². The topological polar surface area (TPSA) is 118 Å². The van der Waals surface area contributed by atoms with E-state index in [4.69, 9.17) is 4.98 Å². The quantitative estimate of drug-likeness (QED) is 0.126. The molecule has 0 aliphatic heterocycles. The Hall–Kier alpha value is -3.88. The van der Waals surface area contributed by atoms with Crippen LogP contribution in [0.3, 0.4) is 0 Å². The van der Waals surface area contributed by atoms with E-state index in [9.17, 15) is 17.8 Å². The second-order valence-corrected chi connectivity index (χ2v) is 11.8. The summed E-state index contributed by atoms with van der Waals surface area (Å²) in [5.74, 6) is -1.83. The van der Waals surface area contributed by atoms with Crippen molar-refractivity contribution in [3.8, 4) is 21.8 Å². The van der Waals surface area contributed by atoms with Gasteiger partial charge in [-0.15, -0.1) is 11.3 Å². The number of hydrogen-bond acceptors (Lipinski definition) is 9. The first-order valence-electron chi connectivity index (χ1n) is 13.3. The van der Waals surface area contributed by atoms with E-state index in [1.165, 1.54) is 17.4 Å². The Morgan fingerprint density at radius 2 is 1.81 bits per heavy atom. The van der Waals surface area contributed by atoms with E-state index in [0.29, 0.717) is 35.2 Å².